The summed E-state index contributed by atoms with van der Waals surface area (Å²) in [5.74, 6) is -0.392. The van der Waals surface area contributed by atoms with Gasteiger partial charge in [-0.1, -0.05) is 18.2 Å². The van der Waals surface area contributed by atoms with Crippen LogP contribution in [0.25, 0.3) is 0 Å². The average Bonchev–Trinajstić information content (AvgIpc) is 2.47. The van der Waals surface area contributed by atoms with Gasteiger partial charge < -0.3 is 15.8 Å². The van der Waals surface area contributed by atoms with E-state index in [1.807, 2.05) is 31.2 Å². The summed E-state index contributed by atoms with van der Waals surface area (Å²) >= 11 is 0. The predicted molar refractivity (Wildman–Crippen MR) is 79.9 cm³/mol. The fourth-order valence-electron chi connectivity index (χ4n) is 1.93. The molecule has 0 aromatic heterocycles. The number of carbonyl (C=O) groups excluding carboxylic acids is 1. The third kappa shape index (κ3) is 3.72. The van der Waals surface area contributed by atoms with Gasteiger partial charge in [-0.2, -0.15) is 0 Å². The highest BCUT2D eigenvalue weighted by Crippen LogP contribution is 2.24. The van der Waals surface area contributed by atoms with E-state index in [0.29, 0.717) is 17.9 Å². The molecule has 0 aliphatic rings. The number of primary amides is 1. The molecular formula is C16H17FN2O2. The molecule has 0 atom stereocenters. The molecule has 3 N–H and O–H groups in total. The fourth-order valence-corrected chi connectivity index (χ4v) is 1.93. The summed E-state index contributed by atoms with van der Waals surface area (Å²) < 4.78 is 19.4. The zero-order valence-corrected chi connectivity index (χ0v) is 11.7. The van der Waals surface area contributed by atoms with Crippen molar-refractivity contribution in [2.24, 2.45) is 5.73 Å². The largest absolute Gasteiger partial charge is 0.492 e. The molecule has 0 saturated heterocycles. The number of rotatable bonds is 6. The minimum Gasteiger partial charge on any atom is -0.492 e. The van der Waals surface area contributed by atoms with E-state index in [0.717, 1.165) is 11.8 Å². The van der Waals surface area contributed by atoms with E-state index in [9.17, 15) is 9.18 Å². The molecule has 0 unspecified atom stereocenters. The average molecular weight is 288 g/mol. The number of nitrogens with two attached hydrogens (primary N) is 1. The van der Waals surface area contributed by atoms with Crippen LogP contribution < -0.4 is 15.8 Å². The Bertz CT molecular complexity index is 644. The summed E-state index contributed by atoms with van der Waals surface area (Å²) in [6.45, 7) is 2.74. The summed E-state index contributed by atoms with van der Waals surface area (Å²) in [5.41, 5.74) is 6.51. The molecule has 0 fully saturated rings. The molecule has 0 aliphatic carbocycles. The summed E-state index contributed by atoms with van der Waals surface area (Å²) in [5, 5.41) is 3.12. The minimum absolute atomic E-state index is 0.158. The van der Waals surface area contributed by atoms with Gasteiger partial charge in [0.2, 0.25) is 5.91 Å². The van der Waals surface area contributed by atoms with Gasteiger partial charge >= 0.3 is 0 Å². The maximum atomic E-state index is 13.9. The number of hydrogen-bond acceptors (Lipinski definition) is 3. The van der Waals surface area contributed by atoms with E-state index < -0.39 is 11.7 Å². The first-order valence-electron chi connectivity index (χ1n) is 6.65. The molecule has 110 valence electrons. The molecule has 0 spiro atoms. The van der Waals surface area contributed by atoms with Crippen LogP contribution in [0.1, 0.15) is 22.8 Å². The topological polar surface area (TPSA) is 64.3 Å². The molecule has 0 aliphatic heterocycles. The number of anilines is 1. The van der Waals surface area contributed by atoms with Crippen LogP contribution in [0.15, 0.2) is 42.5 Å². The Morgan fingerprint density at radius 1 is 1.29 bits per heavy atom. The molecule has 21 heavy (non-hydrogen) atoms. The lowest BCUT2D eigenvalue weighted by Gasteiger charge is -2.12. The highest BCUT2D eigenvalue weighted by Gasteiger charge is 2.08. The van der Waals surface area contributed by atoms with Crippen LogP contribution in [0.2, 0.25) is 0 Å². The van der Waals surface area contributed by atoms with Crippen LogP contribution in [0.4, 0.5) is 10.1 Å². The standard InChI is InChI=1S/C16H17FN2O2/c1-2-21-15-6-4-3-5-14(15)19-10-12-8-7-11(16(18)20)9-13(12)17/h3-9,19H,2,10H2,1H3,(H2,18,20). The Kier molecular flexibility index (Phi) is 4.77. The highest BCUT2D eigenvalue weighted by atomic mass is 19.1. The summed E-state index contributed by atoms with van der Waals surface area (Å²) in [6, 6.07) is 11.7. The zero-order chi connectivity index (χ0) is 15.2. The van der Waals surface area contributed by atoms with Gasteiger partial charge in [-0.3, -0.25) is 4.79 Å². The van der Waals surface area contributed by atoms with Crippen molar-refractivity contribution in [3.63, 3.8) is 0 Å². The SMILES string of the molecule is CCOc1ccccc1NCc1ccc(C(N)=O)cc1F. The third-order valence-corrected chi connectivity index (χ3v) is 2.99. The van der Waals surface area contributed by atoms with Crippen molar-refractivity contribution < 1.29 is 13.9 Å². The smallest absolute Gasteiger partial charge is 0.248 e. The van der Waals surface area contributed by atoms with Crippen molar-refractivity contribution in [2.45, 2.75) is 13.5 Å². The van der Waals surface area contributed by atoms with E-state index in [1.54, 1.807) is 6.07 Å². The first-order valence-corrected chi connectivity index (χ1v) is 6.65. The lowest BCUT2D eigenvalue weighted by Crippen LogP contribution is -2.12. The number of amides is 1. The Hall–Kier alpha value is -2.56. The summed E-state index contributed by atoms with van der Waals surface area (Å²) in [7, 11) is 0. The quantitative estimate of drug-likeness (QED) is 0.859. The van der Waals surface area contributed by atoms with Crippen LogP contribution in [-0.4, -0.2) is 12.5 Å². The second-order valence-electron chi connectivity index (χ2n) is 4.45. The molecular weight excluding hydrogens is 271 g/mol. The van der Waals surface area contributed by atoms with Gasteiger partial charge in [-0.25, -0.2) is 4.39 Å². The van der Waals surface area contributed by atoms with E-state index in [1.165, 1.54) is 6.07 Å². The number of halogens is 1. The Balaban J connectivity index is 2.11. The number of para-hydroxylation sites is 2. The van der Waals surface area contributed by atoms with Crippen LogP contribution in [0, 0.1) is 5.82 Å². The zero-order valence-electron chi connectivity index (χ0n) is 11.7. The van der Waals surface area contributed by atoms with E-state index in [4.69, 9.17) is 10.5 Å². The van der Waals surface area contributed by atoms with Crippen LogP contribution in [0.5, 0.6) is 5.75 Å². The predicted octanol–water partition coefficient (Wildman–Crippen LogP) is 2.94. The monoisotopic (exact) mass is 288 g/mol. The van der Waals surface area contributed by atoms with Gasteiger partial charge in [-0.15, -0.1) is 0 Å². The highest BCUT2D eigenvalue weighted by molar-refractivity contribution is 5.92. The summed E-state index contributed by atoms with van der Waals surface area (Å²) in [4.78, 5) is 11.0. The first-order chi connectivity index (χ1) is 10.1. The maximum Gasteiger partial charge on any atom is 0.248 e. The third-order valence-electron chi connectivity index (χ3n) is 2.99. The molecule has 5 heteroatoms. The number of carbonyl (C=O) groups is 1. The first kappa shape index (κ1) is 14.8. The van der Waals surface area contributed by atoms with Gasteiger partial charge in [0.1, 0.15) is 11.6 Å². The van der Waals surface area contributed by atoms with Crippen molar-refractivity contribution >= 4 is 11.6 Å². The second kappa shape index (κ2) is 6.74. The lowest BCUT2D eigenvalue weighted by atomic mass is 10.1. The number of hydrogen-bond donors (Lipinski definition) is 2. The molecule has 0 saturated carbocycles. The molecule has 2 aromatic carbocycles. The van der Waals surface area contributed by atoms with Crippen molar-refractivity contribution in [1.29, 1.82) is 0 Å². The second-order valence-corrected chi connectivity index (χ2v) is 4.45. The number of nitrogens with one attached hydrogen (secondary N) is 1. The molecule has 2 rings (SSSR count). The van der Waals surface area contributed by atoms with E-state index >= 15 is 0 Å². The van der Waals surface area contributed by atoms with Gasteiger partial charge in [0.05, 0.1) is 12.3 Å². The molecule has 0 bridgehead atoms. The van der Waals surface area contributed by atoms with Gasteiger partial charge in [0, 0.05) is 17.7 Å². The maximum absolute atomic E-state index is 13.9. The fraction of sp³-hybridized carbons (Fsp3) is 0.188. The molecule has 0 heterocycles. The van der Waals surface area contributed by atoms with Crippen molar-refractivity contribution in [1.82, 2.24) is 0 Å². The van der Waals surface area contributed by atoms with Gasteiger partial charge in [0.25, 0.3) is 0 Å². The van der Waals surface area contributed by atoms with Crippen molar-refractivity contribution in [3.05, 3.63) is 59.4 Å². The van der Waals surface area contributed by atoms with Crippen LogP contribution in [-0.2, 0) is 6.54 Å². The van der Waals surface area contributed by atoms with Crippen molar-refractivity contribution in [3.8, 4) is 5.75 Å². The molecule has 2 aromatic rings. The Morgan fingerprint density at radius 2 is 2.05 bits per heavy atom. The van der Waals surface area contributed by atoms with Gasteiger partial charge in [-0.05, 0) is 31.2 Å². The van der Waals surface area contributed by atoms with Crippen LogP contribution >= 0.6 is 0 Å². The van der Waals surface area contributed by atoms with E-state index in [2.05, 4.69) is 5.32 Å². The summed E-state index contributed by atoms with van der Waals surface area (Å²) in [6.07, 6.45) is 0. The van der Waals surface area contributed by atoms with E-state index in [-0.39, 0.29) is 12.1 Å². The van der Waals surface area contributed by atoms with Gasteiger partial charge in [0.15, 0.2) is 0 Å². The number of benzene rings is 2. The molecule has 4 nitrogen and oxygen atoms in total. The number of ether oxygens (including phenoxy) is 1. The molecule has 1 amide bonds. The molecule has 0 radical (unpaired) electrons. The minimum atomic E-state index is -0.643. The normalized spacial score (nSPS) is 10.2. The Morgan fingerprint density at radius 3 is 2.71 bits per heavy atom. The Labute approximate surface area is 122 Å². The van der Waals surface area contributed by atoms with Crippen LogP contribution in [0.3, 0.4) is 0 Å². The lowest BCUT2D eigenvalue weighted by molar-refractivity contribution is 0.1000. The van der Waals surface area contributed by atoms with Crippen molar-refractivity contribution in [2.75, 3.05) is 11.9 Å².